The van der Waals surface area contributed by atoms with Crippen molar-refractivity contribution in [1.29, 1.82) is 0 Å². The molecule has 1 spiro atoms. The normalized spacial score (nSPS) is 16.0. The van der Waals surface area contributed by atoms with Gasteiger partial charge in [0.15, 0.2) is 0 Å². The molecule has 79 heavy (non-hydrogen) atoms. The molecular weight excluding hydrogens is 953 g/mol. The molecule has 0 amide bonds. The first-order chi connectivity index (χ1) is 38.4. The molecule has 10 aromatic rings. The van der Waals surface area contributed by atoms with E-state index in [9.17, 15) is 0 Å². The molecule has 0 unspecified atom stereocenters. The van der Waals surface area contributed by atoms with E-state index in [4.69, 9.17) is 0 Å². The molecule has 0 aliphatic heterocycles. The molecule has 0 bridgehead atoms. The van der Waals surface area contributed by atoms with Gasteiger partial charge in [-0.15, -0.1) is 0 Å². The molecule has 0 heterocycles. The Morgan fingerprint density at radius 1 is 0.329 bits per heavy atom. The second-order valence-corrected chi connectivity index (χ2v) is 25.8. The molecule has 0 aromatic heterocycles. The first-order valence-corrected chi connectivity index (χ1v) is 29.8. The Morgan fingerprint density at radius 2 is 0.696 bits per heavy atom. The van der Waals surface area contributed by atoms with Gasteiger partial charge in [-0.3, -0.25) is 0 Å². The second kappa shape index (κ2) is 19.3. The largest absolute Gasteiger partial charge is 0.310 e. The summed E-state index contributed by atoms with van der Waals surface area (Å²) >= 11 is 0. The lowest BCUT2D eigenvalue weighted by atomic mass is 9.68. The molecule has 0 saturated heterocycles. The lowest BCUT2D eigenvalue weighted by Gasteiger charge is -2.33. The Morgan fingerprint density at radius 3 is 1.08 bits per heavy atom. The SMILES string of the molecule is CC(C)(C)c1ccc2c(c1)-c1cc(C(C)(C)C)ccc1C21c2c(ccc3cc(N(c4ccccc4)c4ccc(C5CCCCC5)cc4)ccc23)-c2ccc3cc(N(c4ccccc4)c4ccc(C5CCCCC5)cc4)ccc3c21. The van der Waals surface area contributed by atoms with Crippen molar-refractivity contribution < 1.29 is 0 Å². The van der Waals surface area contributed by atoms with Crippen LogP contribution >= 0.6 is 0 Å². The van der Waals surface area contributed by atoms with Crippen molar-refractivity contribution in [2.45, 2.75) is 134 Å². The number of nitrogens with zero attached hydrogens (tertiary/aromatic N) is 2. The average Bonchev–Trinajstić information content (AvgIpc) is 1.88. The summed E-state index contributed by atoms with van der Waals surface area (Å²) < 4.78 is 0. The van der Waals surface area contributed by atoms with E-state index in [0.717, 1.165) is 22.7 Å². The molecule has 4 aliphatic carbocycles. The Balaban J connectivity index is 0.982. The molecule has 0 radical (unpaired) electrons. The molecule has 2 saturated carbocycles. The van der Waals surface area contributed by atoms with Crippen LogP contribution in [0.5, 0.6) is 0 Å². The zero-order chi connectivity index (χ0) is 53.6. The van der Waals surface area contributed by atoms with Gasteiger partial charge >= 0.3 is 0 Å². The molecule has 0 atom stereocenters. The number of fused-ring (bicyclic) bond motifs is 14. The zero-order valence-electron chi connectivity index (χ0n) is 47.3. The third kappa shape index (κ3) is 8.35. The molecule has 2 fully saturated rings. The molecule has 4 aliphatic rings. The van der Waals surface area contributed by atoms with E-state index in [2.05, 4.69) is 258 Å². The predicted octanol–water partition coefficient (Wildman–Crippen LogP) is 22.0. The van der Waals surface area contributed by atoms with Crippen molar-refractivity contribution in [3.8, 4) is 22.3 Å². The molecule has 2 heteroatoms. The van der Waals surface area contributed by atoms with Crippen LogP contribution in [0.2, 0.25) is 0 Å². The lowest BCUT2D eigenvalue weighted by molar-refractivity contribution is 0.443. The van der Waals surface area contributed by atoms with Crippen molar-refractivity contribution in [3.05, 3.63) is 251 Å². The third-order valence-electron chi connectivity index (χ3n) is 18.9. The number of anilines is 6. The van der Waals surface area contributed by atoms with Gasteiger partial charge in [-0.2, -0.15) is 0 Å². The highest BCUT2D eigenvalue weighted by Crippen LogP contribution is 2.66. The number of hydrogen-bond acceptors (Lipinski definition) is 2. The highest BCUT2D eigenvalue weighted by atomic mass is 15.1. The standard InChI is InChI=1S/C77H74N2/c1-75(2,3)57-33-45-71-69(49-57)70-50-58(76(4,5)6)34-46-72(70)77(71)73-65-43-39-63(78(59-23-15-9-16-24-59)61-35-27-53(28-36-61)51-19-11-7-12-20-51)47-55(65)31-41-67(73)68-42-32-56-48-64(40-44-66(56)74(68)77)79(60-25-17-10-18-26-60)62-37-29-54(30-38-62)52-21-13-8-14-22-52/h9-10,15-18,23-52H,7-8,11-14,19-22H2,1-6H3. The van der Waals surface area contributed by atoms with Crippen LogP contribution < -0.4 is 9.80 Å². The molecule has 14 rings (SSSR count). The van der Waals surface area contributed by atoms with Gasteiger partial charge in [-0.1, -0.05) is 214 Å². The van der Waals surface area contributed by atoms with Crippen LogP contribution in [0.4, 0.5) is 34.1 Å². The van der Waals surface area contributed by atoms with Gasteiger partial charge in [0.2, 0.25) is 0 Å². The van der Waals surface area contributed by atoms with Crippen molar-refractivity contribution >= 4 is 55.7 Å². The van der Waals surface area contributed by atoms with E-state index in [-0.39, 0.29) is 10.8 Å². The zero-order valence-corrected chi connectivity index (χ0v) is 47.3. The highest BCUT2D eigenvalue weighted by molar-refractivity contribution is 6.10. The van der Waals surface area contributed by atoms with Crippen molar-refractivity contribution in [3.63, 3.8) is 0 Å². The van der Waals surface area contributed by atoms with E-state index in [1.165, 1.54) is 164 Å². The summed E-state index contributed by atoms with van der Waals surface area (Å²) in [5.74, 6) is 1.32. The van der Waals surface area contributed by atoms with Crippen molar-refractivity contribution in [2.75, 3.05) is 9.80 Å². The van der Waals surface area contributed by atoms with Gasteiger partial charge in [-0.05, 0) is 209 Å². The Labute approximate surface area is 469 Å². The smallest absolute Gasteiger partial charge is 0.0737 e. The summed E-state index contributed by atoms with van der Waals surface area (Å²) in [7, 11) is 0. The van der Waals surface area contributed by atoms with Gasteiger partial charge in [0, 0.05) is 34.1 Å². The van der Waals surface area contributed by atoms with Gasteiger partial charge in [0.25, 0.3) is 0 Å². The Kier molecular flexibility index (Phi) is 12.1. The minimum atomic E-state index is -0.591. The topological polar surface area (TPSA) is 6.48 Å². The fourth-order valence-electron chi connectivity index (χ4n) is 14.8. The average molecular weight is 1030 g/mol. The summed E-state index contributed by atoms with van der Waals surface area (Å²) in [4.78, 5) is 4.91. The maximum absolute atomic E-state index is 2.55. The predicted molar refractivity (Wildman–Crippen MR) is 336 cm³/mol. The highest BCUT2D eigenvalue weighted by Gasteiger charge is 2.54. The fraction of sp³-hybridized carbons (Fsp3) is 0.273. The minimum absolute atomic E-state index is 0.0219. The Hall–Kier alpha value is -7.68. The lowest BCUT2D eigenvalue weighted by Crippen LogP contribution is -2.27. The quantitative estimate of drug-likeness (QED) is 0.150. The maximum Gasteiger partial charge on any atom is 0.0737 e. The Bertz CT molecular complexity index is 3660. The molecule has 392 valence electrons. The van der Waals surface area contributed by atoms with Gasteiger partial charge in [0.05, 0.1) is 5.41 Å². The van der Waals surface area contributed by atoms with E-state index in [1.54, 1.807) is 0 Å². The van der Waals surface area contributed by atoms with Crippen LogP contribution in [0.25, 0.3) is 43.8 Å². The summed E-state index contributed by atoms with van der Waals surface area (Å²) in [5.41, 5.74) is 23.0. The van der Waals surface area contributed by atoms with Crippen LogP contribution in [-0.2, 0) is 16.2 Å². The summed E-state index contributed by atoms with van der Waals surface area (Å²) in [5, 5.41) is 5.09. The molecule has 10 aromatic carbocycles. The summed E-state index contributed by atoms with van der Waals surface area (Å²) in [6.07, 6.45) is 13.3. The van der Waals surface area contributed by atoms with E-state index in [0.29, 0.717) is 11.8 Å². The van der Waals surface area contributed by atoms with Gasteiger partial charge < -0.3 is 9.80 Å². The minimum Gasteiger partial charge on any atom is -0.310 e. The summed E-state index contributed by atoms with van der Waals surface area (Å²) in [6, 6.07) is 80.4. The second-order valence-electron chi connectivity index (χ2n) is 25.8. The number of para-hydroxylation sites is 2. The van der Waals surface area contributed by atoms with Crippen molar-refractivity contribution in [1.82, 2.24) is 0 Å². The molecule has 0 N–H and O–H groups in total. The van der Waals surface area contributed by atoms with Gasteiger partial charge in [-0.25, -0.2) is 0 Å². The number of hydrogen-bond donors (Lipinski definition) is 0. The van der Waals surface area contributed by atoms with Crippen LogP contribution in [-0.4, -0.2) is 0 Å². The molecular formula is C77H74N2. The number of rotatable bonds is 8. The third-order valence-corrected chi connectivity index (χ3v) is 18.9. The number of benzene rings is 10. The maximum atomic E-state index is 2.55. The van der Waals surface area contributed by atoms with E-state index >= 15 is 0 Å². The van der Waals surface area contributed by atoms with Crippen LogP contribution in [0.15, 0.2) is 206 Å². The van der Waals surface area contributed by atoms with Gasteiger partial charge in [0.1, 0.15) is 0 Å². The monoisotopic (exact) mass is 1030 g/mol. The first kappa shape index (κ1) is 49.6. The van der Waals surface area contributed by atoms with Crippen LogP contribution in [0, 0.1) is 0 Å². The fourth-order valence-corrected chi connectivity index (χ4v) is 14.8. The van der Waals surface area contributed by atoms with E-state index < -0.39 is 5.41 Å². The summed E-state index contributed by atoms with van der Waals surface area (Å²) in [6.45, 7) is 14.1. The molecule has 2 nitrogen and oxygen atoms in total. The van der Waals surface area contributed by atoms with Crippen LogP contribution in [0.1, 0.15) is 162 Å². The van der Waals surface area contributed by atoms with Crippen molar-refractivity contribution in [2.24, 2.45) is 0 Å². The van der Waals surface area contributed by atoms with Crippen LogP contribution in [0.3, 0.4) is 0 Å². The van der Waals surface area contributed by atoms with E-state index in [1.807, 2.05) is 0 Å². The first-order valence-electron chi connectivity index (χ1n) is 29.8.